The number of nitrogens with zero attached hydrogens (tertiary/aromatic N) is 2. The summed E-state index contributed by atoms with van der Waals surface area (Å²) in [5.74, 6) is 0.951. The average Bonchev–Trinajstić information content (AvgIpc) is 3.00. The van der Waals surface area contributed by atoms with Crippen LogP contribution in [0.4, 0.5) is 5.69 Å². The van der Waals surface area contributed by atoms with Crippen LogP contribution in [0.2, 0.25) is 0 Å². The lowest BCUT2D eigenvalue weighted by Gasteiger charge is -2.14. The topological polar surface area (TPSA) is 98.4 Å². The molecule has 8 nitrogen and oxygen atoms in total. The SMILES string of the molecule is COc1cc(NC(=O)c2cn[nH]n2)cc(OC)c1OC. The molecular weight excluding hydrogens is 264 g/mol. The van der Waals surface area contributed by atoms with Gasteiger partial charge in [-0.15, -0.1) is 0 Å². The van der Waals surface area contributed by atoms with Crippen LogP contribution in [0.15, 0.2) is 18.3 Å². The predicted octanol–water partition coefficient (Wildman–Crippen LogP) is 1.08. The zero-order valence-corrected chi connectivity index (χ0v) is 11.3. The number of amides is 1. The summed E-state index contributed by atoms with van der Waals surface area (Å²) >= 11 is 0. The molecule has 0 aliphatic rings. The van der Waals surface area contributed by atoms with E-state index in [2.05, 4.69) is 20.7 Å². The molecule has 1 aromatic carbocycles. The second kappa shape index (κ2) is 5.91. The third kappa shape index (κ3) is 2.63. The number of carbonyl (C=O) groups is 1. The maximum atomic E-state index is 11.9. The van der Waals surface area contributed by atoms with E-state index in [9.17, 15) is 4.79 Å². The van der Waals surface area contributed by atoms with Crippen LogP contribution in [0.25, 0.3) is 0 Å². The molecule has 2 N–H and O–H groups in total. The maximum Gasteiger partial charge on any atom is 0.277 e. The lowest BCUT2D eigenvalue weighted by molar-refractivity contribution is 0.102. The van der Waals surface area contributed by atoms with Crippen molar-refractivity contribution in [2.45, 2.75) is 0 Å². The Bertz CT molecular complexity index is 573. The molecule has 0 aliphatic heterocycles. The Kier molecular flexibility index (Phi) is 4.04. The second-order valence-corrected chi connectivity index (χ2v) is 3.72. The van der Waals surface area contributed by atoms with Crippen LogP contribution in [0.1, 0.15) is 10.5 Å². The van der Waals surface area contributed by atoms with E-state index < -0.39 is 5.91 Å². The van der Waals surface area contributed by atoms with E-state index in [0.717, 1.165) is 0 Å². The van der Waals surface area contributed by atoms with Gasteiger partial charge in [0.05, 0.1) is 27.5 Å². The highest BCUT2D eigenvalue weighted by molar-refractivity contribution is 6.02. The first kappa shape index (κ1) is 13.7. The Morgan fingerprint density at radius 3 is 2.25 bits per heavy atom. The molecule has 1 aromatic heterocycles. The van der Waals surface area contributed by atoms with Gasteiger partial charge in [0.15, 0.2) is 17.2 Å². The highest BCUT2D eigenvalue weighted by Crippen LogP contribution is 2.39. The number of carbonyl (C=O) groups excluding carboxylic acids is 1. The number of aromatic amines is 1. The number of hydrogen-bond acceptors (Lipinski definition) is 6. The van der Waals surface area contributed by atoms with Crippen LogP contribution < -0.4 is 19.5 Å². The number of aromatic nitrogens is 3. The molecule has 0 saturated heterocycles. The maximum absolute atomic E-state index is 11.9. The van der Waals surface area contributed by atoms with E-state index in [-0.39, 0.29) is 5.69 Å². The molecule has 20 heavy (non-hydrogen) atoms. The first-order valence-electron chi connectivity index (χ1n) is 5.66. The zero-order valence-electron chi connectivity index (χ0n) is 11.3. The number of rotatable bonds is 5. The lowest BCUT2D eigenvalue weighted by Crippen LogP contribution is -2.12. The average molecular weight is 278 g/mol. The lowest BCUT2D eigenvalue weighted by atomic mass is 10.2. The molecule has 0 radical (unpaired) electrons. The minimum Gasteiger partial charge on any atom is -0.493 e. The molecule has 0 spiro atoms. The number of hydrogen-bond donors (Lipinski definition) is 2. The van der Waals surface area contributed by atoms with Crippen molar-refractivity contribution in [3.63, 3.8) is 0 Å². The highest BCUT2D eigenvalue weighted by Gasteiger charge is 2.15. The molecule has 0 aliphatic carbocycles. The van der Waals surface area contributed by atoms with Gasteiger partial charge in [-0.05, 0) is 0 Å². The molecule has 8 heteroatoms. The summed E-state index contributed by atoms with van der Waals surface area (Å²) in [6.07, 6.45) is 1.33. The molecule has 106 valence electrons. The molecule has 2 aromatic rings. The summed E-state index contributed by atoms with van der Waals surface area (Å²) in [6.45, 7) is 0. The molecule has 1 amide bonds. The summed E-state index contributed by atoms with van der Waals surface area (Å²) in [5.41, 5.74) is 0.672. The smallest absolute Gasteiger partial charge is 0.277 e. The van der Waals surface area contributed by atoms with Gasteiger partial charge in [-0.25, -0.2) is 0 Å². The van der Waals surface area contributed by atoms with Gasteiger partial charge in [-0.3, -0.25) is 4.79 Å². The molecule has 0 fully saturated rings. The normalized spacial score (nSPS) is 9.95. The summed E-state index contributed by atoms with van der Waals surface area (Å²) in [5, 5.41) is 12.3. The van der Waals surface area contributed by atoms with Crippen LogP contribution in [-0.4, -0.2) is 42.6 Å². The first-order valence-corrected chi connectivity index (χ1v) is 5.66. The Morgan fingerprint density at radius 1 is 1.15 bits per heavy atom. The van der Waals surface area contributed by atoms with E-state index in [1.165, 1.54) is 27.5 Å². The molecule has 1 heterocycles. The number of ether oxygens (including phenoxy) is 3. The zero-order chi connectivity index (χ0) is 14.5. The minimum absolute atomic E-state index is 0.179. The Hall–Kier alpha value is -2.77. The van der Waals surface area contributed by atoms with Crippen molar-refractivity contribution in [3.05, 3.63) is 24.0 Å². The first-order chi connectivity index (χ1) is 9.69. The van der Waals surface area contributed by atoms with E-state index in [0.29, 0.717) is 22.9 Å². The fourth-order valence-electron chi connectivity index (χ4n) is 1.66. The van der Waals surface area contributed by atoms with Crippen molar-refractivity contribution >= 4 is 11.6 Å². The van der Waals surface area contributed by atoms with Crippen molar-refractivity contribution in [1.29, 1.82) is 0 Å². The van der Waals surface area contributed by atoms with Crippen molar-refractivity contribution in [3.8, 4) is 17.2 Å². The standard InChI is InChI=1S/C12H14N4O4/c1-18-9-4-7(5-10(19-2)11(9)20-3)14-12(17)8-6-13-16-15-8/h4-6H,1-3H3,(H,14,17)(H,13,15,16). The summed E-state index contributed by atoms with van der Waals surface area (Å²) in [4.78, 5) is 11.9. The fraction of sp³-hybridized carbons (Fsp3) is 0.250. The van der Waals surface area contributed by atoms with Gasteiger partial charge in [-0.1, -0.05) is 0 Å². The summed E-state index contributed by atoms with van der Waals surface area (Å²) in [6, 6.07) is 3.25. The number of nitrogens with one attached hydrogen (secondary N) is 2. The number of benzene rings is 1. The molecule has 0 atom stereocenters. The number of methoxy groups -OCH3 is 3. The van der Waals surface area contributed by atoms with E-state index in [1.807, 2.05) is 0 Å². The fourth-order valence-corrected chi connectivity index (χ4v) is 1.66. The third-order valence-corrected chi connectivity index (χ3v) is 2.57. The van der Waals surface area contributed by atoms with E-state index in [1.54, 1.807) is 12.1 Å². The van der Waals surface area contributed by atoms with Crippen LogP contribution >= 0.6 is 0 Å². The van der Waals surface area contributed by atoms with Crippen LogP contribution in [0.3, 0.4) is 0 Å². The van der Waals surface area contributed by atoms with E-state index >= 15 is 0 Å². The Morgan fingerprint density at radius 2 is 1.80 bits per heavy atom. The summed E-state index contributed by atoms with van der Waals surface area (Å²) in [7, 11) is 4.51. The van der Waals surface area contributed by atoms with Gasteiger partial charge in [0, 0.05) is 17.8 Å². The molecule has 0 bridgehead atoms. The summed E-state index contributed by atoms with van der Waals surface area (Å²) < 4.78 is 15.6. The van der Waals surface area contributed by atoms with Crippen molar-refractivity contribution in [2.24, 2.45) is 0 Å². The molecule has 0 saturated carbocycles. The number of H-pyrrole nitrogens is 1. The van der Waals surface area contributed by atoms with E-state index in [4.69, 9.17) is 14.2 Å². The Balaban J connectivity index is 2.30. The van der Waals surface area contributed by atoms with Crippen molar-refractivity contribution in [2.75, 3.05) is 26.6 Å². The van der Waals surface area contributed by atoms with Gasteiger partial charge in [0.2, 0.25) is 5.75 Å². The highest BCUT2D eigenvalue weighted by atomic mass is 16.5. The molecule has 2 rings (SSSR count). The van der Waals surface area contributed by atoms with Gasteiger partial charge in [-0.2, -0.15) is 15.4 Å². The predicted molar refractivity (Wildman–Crippen MR) is 70.4 cm³/mol. The molecular formula is C12H14N4O4. The van der Waals surface area contributed by atoms with Gasteiger partial charge >= 0.3 is 0 Å². The van der Waals surface area contributed by atoms with Crippen LogP contribution in [0, 0.1) is 0 Å². The Labute approximate surface area is 115 Å². The molecule has 0 unspecified atom stereocenters. The van der Waals surface area contributed by atoms with Gasteiger partial charge in [0.1, 0.15) is 0 Å². The van der Waals surface area contributed by atoms with Crippen LogP contribution in [-0.2, 0) is 0 Å². The largest absolute Gasteiger partial charge is 0.493 e. The van der Waals surface area contributed by atoms with Crippen molar-refractivity contribution in [1.82, 2.24) is 15.4 Å². The second-order valence-electron chi connectivity index (χ2n) is 3.72. The minimum atomic E-state index is -0.395. The quantitative estimate of drug-likeness (QED) is 0.849. The third-order valence-electron chi connectivity index (χ3n) is 2.57. The van der Waals surface area contributed by atoms with Crippen molar-refractivity contribution < 1.29 is 19.0 Å². The number of anilines is 1. The van der Waals surface area contributed by atoms with Crippen LogP contribution in [0.5, 0.6) is 17.2 Å². The monoisotopic (exact) mass is 278 g/mol. The van der Waals surface area contributed by atoms with Gasteiger partial charge < -0.3 is 19.5 Å². The van der Waals surface area contributed by atoms with Gasteiger partial charge in [0.25, 0.3) is 5.91 Å².